The van der Waals surface area contributed by atoms with Gasteiger partial charge in [-0.15, -0.1) is 12.3 Å². The first-order chi connectivity index (χ1) is 8.10. The van der Waals surface area contributed by atoms with Crippen LogP contribution in [0.4, 0.5) is 0 Å². The molecule has 94 valence electrons. The summed E-state index contributed by atoms with van der Waals surface area (Å²) in [4.78, 5) is 11.7. The Bertz CT molecular complexity index is 339. The minimum Gasteiger partial charge on any atom is -0.410 e. The van der Waals surface area contributed by atoms with Crippen molar-refractivity contribution in [3.05, 3.63) is 11.6 Å². The number of carbonyl (C=O) groups is 1. The Hall–Kier alpha value is -0.853. The van der Waals surface area contributed by atoms with Gasteiger partial charge in [0.1, 0.15) is 0 Å². The molecule has 3 heteroatoms. The molecule has 1 atom stereocenters. The zero-order chi connectivity index (χ0) is 12.9. The van der Waals surface area contributed by atoms with Crippen molar-refractivity contribution >= 4 is 14.1 Å². The number of rotatable bonds is 6. The van der Waals surface area contributed by atoms with Crippen LogP contribution >= 0.6 is 0 Å². The van der Waals surface area contributed by atoms with Crippen molar-refractivity contribution in [1.29, 1.82) is 0 Å². The molecule has 0 aromatic heterocycles. The molecule has 0 saturated heterocycles. The molecular weight excluding hydrogens is 228 g/mol. The summed E-state index contributed by atoms with van der Waals surface area (Å²) >= 11 is 0. The average Bonchev–Trinajstić information content (AvgIpc) is 2.67. The molecular formula is C14H22O2Si. The smallest absolute Gasteiger partial charge is 0.192 e. The van der Waals surface area contributed by atoms with Crippen LogP contribution in [0.5, 0.6) is 0 Å². The van der Waals surface area contributed by atoms with Crippen molar-refractivity contribution in [3.8, 4) is 12.3 Å². The number of hydrogen-bond acceptors (Lipinski definition) is 2. The summed E-state index contributed by atoms with van der Waals surface area (Å²) in [6.07, 6.45) is 8.11. The second-order valence-corrected chi connectivity index (χ2v) is 9.32. The number of hydrogen-bond donors (Lipinski definition) is 0. The Morgan fingerprint density at radius 2 is 2.00 bits per heavy atom. The van der Waals surface area contributed by atoms with Crippen LogP contribution in [0.3, 0.4) is 0 Å². The van der Waals surface area contributed by atoms with E-state index in [9.17, 15) is 4.79 Å². The van der Waals surface area contributed by atoms with Gasteiger partial charge in [0.2, 0.25) is 0 Å². The highest BCUT2D eigenvalue weighted by Crippen LogP contribution is 2.28. The highest BCUT2D eigenvalue weighted by Gasteiger charge is 2.34. The molecule has 0 N–H and O–H groups in total. The third-order valence-corrected chi connectivity index (χ3v) is 8.43. The van der Waals surface area contributed by atoms with Gasteiger partial charge in [-0.2, -0.15) is 0 Å². The van der Waals surface area contributed by atoms with E-state index in [4.69, 9.17) is 10.8 Å². The highest BCUT2D eigenvalue weighted by molar-refractivity contribution is 6.73. The van der Waals surface area contributed by atoms with Crippen LogP contribution < -0.4 is 0 Å². The van der Waals surface area contributed by atoms with E-state index in [2.05, 4.69) is 26.7 Å². The van der Waals surface area contributed by atoms with Crippen LogP contribution in [0.25, 0.3) is 0 Å². The van der Waals surface area contributed by atoms with Gasteiger partial charge in [0.25, 0.3) is 0 Å². The van der Waals surface area contributed by atoms with Gasteiger partial charge in [-0.1, -0.05) is 20.8 Å². The summed E-state index contributed by atoms with van der Waals surface area (Å²) in [5.74, 6) is 2.70. The molecule has 0 aliphatic heterocycles. The van der Waals surface area contributed by atoms with Gasteiger partial charge in [-0.05, 0) is 24.2 Å². The third kappa shape index (κ3) is 3.30. The summed E-state index contributed by atoms with van der Waals surface area (Å²) in [6.45, 7) is 6.59. The maximum Gasteiger partial charge on any atom is 0.192 e. The lowest BCUT2D eigenvalue weighted by molar-refractivity contribution is -0.115. The van der Waals surface area contributed by atoms with Crippen LogP contribution in [0.1, 0.15) is 33.6 Å². The van der Waals surface area contributed by atoms with E-state index < -0.39 is 8.32 Å². The SMILES string of the molecule is C#CCC1=CC(O[Si](CC)(CC)CC)CC1=O. The minimum atomic E-state index is -1.61. The molecule has 1 aliphatic rings. The van der Waals surface area contributed by atoms with Crippen LogP contribution in [-0.2, 0) is 9.22 Å². The van der Waals surface area contributed by atoms with Gasteiger partial charge in [0, 0.05) is 18.4 Å². The lowest BCUT2D eigenvalue weighted by atomic mass is 10.1. The number of terminal acetylenes is 1. The number of ketones is 1. The number of Topliss-reactive ketones (excluding diaryl/α,β-unsaturated/α-hetero) is 1. The molecule has 17 heavy (non-hydrogen) atoms. The molecule has 0 radical (unpaired) electrons. The lowest BCUT2D eigenvalue weighted by Gasteiger charge is -2.30. The van der Waals surface area contributed by atoms with Crippen molar-refractivity contribution in [2.75, 3.05) is 0 Å². The molecule has 1 rings (SSSR count). The Morgan fingerprint density at radius 3 is 2.47 bits per heavy atom. The van der Waals surface area contributed by atoms with Crippen molar-refractivity contribution in [2.45, 2.75) is 57.8 Å². The van der Waals surface area contributed by atoms with E-state index >= 15 is 0 Å². The normalized spacial score (nSPS) is 20.2. The fourth-order valence-corrected chi connectivity index (χ4v) is 5.15. The van der Waals surface area contributed by atoms with Gasteiger partial charge in [0.15, 0.2) is 14.1 Å². The van der Waals surface area contributed by atoms with Crippen molar-refractivity contribution in [3.63, 3.8) is 0 Å². The fraction of sp³-hybridized carbons (Fsp3) is 0.643. The van der Waals surface area contributed by atoms with Gasteiger partial charge in [-0.3, -0.25) is 4.79 Å². The molecule has 0 heterocycles. The second-order valence-electron chi connectivity index (χ2n) is 4.60. The molecule has 0 aromatic rings. The topological polar surface area (TPSA) is 26.3 Å². The van der Waals surface area contributed by atoms with Crippen molar-refractivity contribution in [2.24, 2.45) is 0 Å². The van der Waals surface area contributed by atoms with E-state index in [1.165, 1.54) is 0 Å². The first-order valence-electron chi connectivity index (χ1n) is 6.46. The van der Waals surface area contributed by atoms with Crippen molar-refractivity contribution < 1.29 is 9.22 Å². The minimum absolute atomic E-state index is 0.0163. The molecule has 0 saturated carbocycles. The van der Waals surface area contributed by atoms with Crippen LogP contribution in [0, 0.1) is 12.3 Å². The number of allylic oxidation sites excluding steroid dienone is 1. The summed E-state index contributed by atoms with van der Waals surface area (Å²) in [7, 11) is -1.61. The Morgan fingerprint density at radius 1 is 1.41 bits per heavy atom. The standard InChI is InChI=1S/C14H22O2Si/c1-5-9-12-10-13(11-14(12)15)16-17(6-2,7-3)8-4/h1,10,13H,6-9,11H2,2-4H3. The summed E-state index contributed by atoms with van der Waals surface area (Å²) < 4.78 is 6.27. The maximum atomic E-state index is 11.7. The zero-order valence-electron chi connectivity index (χ0n) is 11.1. The Kier molecular flexibility index (Phi) is 5.17. The molecule has 1 unspecified atom stereocenters. The van der Waals surface area contributed by atoms with Gasteiger partial charge in [0.05, 0.1) is 6.10 Å². The van der Waals surface area contributed by atoms with Crippen LogP contribution in [0.15, 0.2) is 11.6 Å². The van der Waals surface area contributed by atoms with E-state index in [-0.39, 0.29) is 11.9 Å². The van der Waals surface area contributed by atoms with Crippen LogP contribution in [-0.4, -0.2) is 20.2 Å². The predicted octanol–water partition coefficient (Wildman–Crippen LogP) is 3.30. The van der Waals surface area contributed by atoms with E-state index in [0.29, 0.717) is 12.8 Å². The lowest BCUT2D eigenvalue weighted by Crippen LogP contribution is -2.39. The number of carbonyl (C=O) groups excluding carboxylic acids is 1. The molecule has 0 amide bonds. The van der Waals surface area contributed by atoms with Gasteiger partial charge >= 0.3 is 0 Å². The molecule has 0 bridgehead atoms. The molecule has 0 aromatic carbocycles. The average molecular weight is 250 g/mol. The third-order valence-electron chi connectivity index (χ3n) is 3.76. The molecule has 0 spiro atoms. The maximum absolute atomic E-state index is 11.7. The zero-order valence-corrected chi connectivity index (χ0v) is 12.1. The monoisotopic (exact) mass is 250 g/mol. The molecule has 1 aliphatic carbocycles. The van der Waals surface area contributed by atoms with E-state index in [0.717, 1.165) is 23.7 Å². The fourth-order valence-electron chi connectivity index (χ4n) is 2.35. The van der Waals surface area contributed by atoms with Gasteiger partial charge < -0.3 is 4.43 Å². The largest absolute Gasteiger partial charge is 0.410 e. The second kappa shape index (κ2) is 6.18. The molecule has 2 nitrogen and oxygen atoms in total. The Labute approximate surface area is 106 Å². The van der Waals surface area contributed by atoms with Gasteiger partial charge in [-0.25, -0.2) is 0 Å². The Balaban J connectivity index is 2.71. The first-order valence-corrected chi connectivity index (χ1v) is 8.99. The molecule has 0 fully saturated rings. The van der Waals surface area contributed by atoms with E-state index in [1.54, 1.807) is 0 Å². The summed E-state index contributed by atoms with van der Waals surface area (Å²) in [5, 5.41) is 0. The van der Waals surface area contributed by atoms with E-state index in [1.807, 2.05) is 6.08 Å². The first kappa shape index (κ1) is 14.2. The highest BCUT2D eigenvalue weighted by atomic mass is 28.4. The quantitative estimate of drug-likeness (QED) is 0.534. The summed E-state index contributed by atoms with van der Waals surface area (Å²) in [5.41, 5.74) is 0.767. The van der Waals surface area contributed by atoms with Crippen molar-refractivity contribution in [1.82, 2.24) is 0 Å². The predicted molar refractivity (Wildman–Crippen MR) is 73.2 cm³/mol. The van der Waals surface area contributed by atoms with Crippen LogP contribution in [0.2, 0.25) is 18.1 Å². The summed E-state index contributed by atoms with van der Waals surface area (Å²) in [6, 6.07) is 3.34.